The summed E-state index contributed by atoms with van der Waals surface area (Å²) in [4.78, 5) is 15.0. The van der Waals surface area contributed by atoms with Gasteiger partial charge in [0.2, 0.25) is 0 Å². The summed E-state index contributed by atoms with van der Waals surface area (Å²) < 4.78 is 34.3. The van der Waals surface area contributed by atoms with Crippen molar-refractivity contribution in [1.82, 2.24) is 4.90 Å². The number of hydrogen-bond donors (Lipinski definition) is 0. The SMILES string of the molecule is CCCCCc1ccc(C(=O)N(Cc2ccc(OC)c(OS(=O)(=O)CC)c2)C(C)C)cc1. The van der Waals surface area contributed by atoms with Crippen molar-refractivity contribution in [3.63, 3.8) is 0 Å². The van der Waals surface area contributed by atoms with Gasteiger partial charge in [0.15, 0.2) is 11.5 Å². The highest BCUT2D eigenvalue weighted by Gasteiger charge is 2.21. The number of benzene rings is 2. The van der Waals surface area contributed by atoms with E-state index < -0.39 is 10.1 Å². The minimum atomic E-state index is -3.70. The van der Waals surface area contributed by atoms with Gasteiger partial charge >= 0.3 is 10.1 Å². The summed E-state index contributed by atoms with van der Waals surface area (Å²) in [6.45, 7) is 7.93. The highest BCUT2D eigenvalue weighted by Crippen LogP contribution is 2.30. The van der Waals surface area contributed by atoms with Gasteiger partial charge in [-0.1, -0.05) is 38.0 Å². The predicted octanol–water partition coefficient (Wildman–Crippen LogP) is 5.21. The molecule has 0 aliphatic carbocycles. The smallest absolute Gasteiger partial charge is 0.309 e. The van der Waals surface area contributed by atoms with E-state index in [2.05, 4.69) is 6.92 Å². The lowest BCUT2D eigenvalue weighted by Gasteiger charge is -2.27. The van der Waals surface area contributed by atoms with E-state index in [0.717, 1.165) is 18.4 Å². The Bertz CT molecular complexity index is 984. The third-order valence-electron chi connectivity index (χ3n) is 5.31. The maximum Gasteiger partial charge on any atom is 0.309 e. The molecule has 0 atom stereocenters. The standard InChI is InChI=1S/C25H35NO5S/c1-6-8-9-10-20-11-14-22(15-12-20)25(27)26(19(3)4)18-21-13-16-23(30-5)24(17-21)31-32(28,29)7-2/h11-17,19H,6-10,18H2,1-5H3. The van der Waals surface area contributed by atoms with Crippen molar-refractivity contribution in [2.24, 2.45) is 0 Å². The molecule has 0 bridgehead atoms. The summed E-state index contributed by atoms with van der Waals surface area (Å²) in [5, 5.41) is 0. The second-order valence-corrected chi connectivity index (χ2v) is 9.96. The number of unbranched alkanes of at least 4 members (excludes halogenated alkanes) is 2. The van der Waals surface area contributed by atoms with Crippen LogP contribution >= 0.6 is 0 Å². The molecule has 0 aromatic heterocycles. The lowest BCUT2D eigenvalue weighted by atomic mass is 10.0. The lowest BCUT2D eigenvalue weighted by Crippen LogP contribution is -2.36. The molecule has 0 heterocycles. The Labute approximate surface area is 192 Å². The summed E-state index contributed by atoms with van der Waals surface area (Å²) in [7, 11) is -2.24. The van der Waals surface area contributed by atoms with Crippen LogP contribution in [0.4, 0.5) is 0 Å². The van der Waals surface area contributed by atoms with Gasteiger partial charge in [-0.15, -0.1) is 0 Å². The molecule has 0 aliphatic heterocycles. The van der Waals surface area contributed by atoms with Crippen molar-refractivity contribution < 1.29 is 22.1 Å². The van der Waals surface area contributed by atoms with Gasteiger partial charge < -0.3 is 13.8 Å². The Morgan fingerprint density at radius 1 is 0.969 bits per heavy atom. The molecule has 2 rings (SSSR count). The Kier molecular flexibility index (Phi) is 9.57. The van der Waals surface area contributed by atoms with E-state index in [1.165, 1.54) is 32.4 Å². The first-order chi connectivity index (χ1) is 15.2. The molecule has 0 fully saturated rings. The topological polar surface area (TPSA) is 72.9 Å². The number of rotatable bonds is 12. The van der Waals surface area contributed by atoms with Crippen LogP contribution in [0.15, 0.2) is 42.5 Å². The quantitative estimate of drug-likeness (QED) is 0.321. The summed E-state index contributed by atoms with van der Waals surface area (Å²) in [5.74, 6) is 0.233. The van der Waals surface area contributed by atoms with Crippen molar-refractivity contribution in [2.75, 3.05) is 12.9 Å². The second-order valence-electron chi connectivity index (χ2n) is 8.10. The van der Waals surface area contributed by atoms with Crippen LogP contribution in [-0.4, -0.2) is 38.1 Å². The summed E-state index contributed by atoms with van der Waals surface area (Å²) in [6, 6.07) is 12.9. The van der Waals surface area contributed by atoms with E-state index in [9.17, 15) is 13.2 Å². The van der Waals surface area contributed by atoms with E-state index in [1.807, 2.05) is 44.2 Å². The van der Waals surface area contributed by atoms with Crippen LogP contribution in [0.1, 0.15) is 68.4 Å². The van der Waals surface area contributed by atoms with Gasteiger partial charge in [0.25, 0.3) is 5.91 Å². The fourth-order valence-corrected chi connectivity index (χ4v) is 3.85. The first kappa shape index (κ1) is 25.7. The molecule has 7 heteroatoms. The fourth-order valence-electron chi connectivity index (χ4n) is 3.32. The molecule has 2 aromatic carbocycles. The monoisotopic (exact) mass is 461 g/mol. The Hall–Kier alpha value is -2.54. The van der Waals surface area contributed by atoms with Crippen LogP contribution in [0.25, 0.3) is 0 Å². The molecule has 0 aliphatic rings. The van der Waals surface area contributed by atoms with Crippen molar-refractivity contribution in [3.05, 3.63) is 59.2 Å². The third-order valence-corrected chi connectivity index (χ3v) is 6.45. The molecular weight excluding hydrogens is 426 g/mol. The third kappa shape index (κ3) is 7.26. The zero-order valence-corrected chi connectivity index (χ0v) is 20.6. The molecule has 1 amide bonds. The Morgan fingerprint density at radius 2 is 1.62 bits per heavy atom. The van der Waals surface area contributed by atoms with Crippen LogP contribution in [0.2, 0.25) is 0 Å². The maximum absolute atomic E-state index is 13.2. The van der Waals surface area contributed by atoms with Crippen LogP contribution < -0.4 is 8.92 Å². The first-order valence-corrected chi connectivity index (χ1v) is 12.8. The molecular formula is C25H35NO5S. The Morgan fingerprint density at radius 3 is 2.19 bits per heavy atom. The van der Waals surface area contributed by atoms with Crippen LogP contribution in [-0.2, 0) is 23.1 Å². The number of amides is 1. The highest BCUT2D eigenvalue weighted by molar-refractivity contribution is 7.87. The van der Waals surface area contributed by atoms with Crippen molar-refractivity contribution in [3.8, 4) is 11.5 Å². The number of nitrogens with zero attached hydrogens (tertiary/aromatic N) is 1. The zero-order chi connectivity index (χ0) is 23.7. The van der Waals surface area contributed by atoms with E-state index >= 15 is 0 Å². The fraction of sp³-hybridized carbons (Fsp3) is 0.480. The van der Waals surface area contributed by atoms with E-state index in [1.54, 1.807) is 17.0 Å². The summed E-state index contributed by atoms with van der Waals surface area (Å²) >= 11 is 0. The van der Waals surface area contributed by atoms with Crippen molar-refractivity contribution in [2.45, 2.75) is 66.0 Å². The number of hydrogen-bond acceptors (Lipinski definition) is 5. The normalized spacial score (nSPS) is 11.4. The molecule has 0 saturated heterocycles. The molecule has 6 nitrogen and oxygen atoms in total. The minimum absolute atomic E-state index is 0.0439. The molecule has 0 radical (unpaired) electrons. The maximum atomic E-state index is 13.2. The van der Waals surface area contributed by atoms with Gasteiger partial charge in [-0.3, -0.25) is 4.79 Å². The summed E-state index contributed by atoms with van der Waals surface area (Å²) in [5.41, 5.74) is 2.63. The van der Waals surface area contributed by atoms with E-state index in [0.29, 0.717) is 17.9 Å². The van der Waals surface area contributed by atoms with Crippen LogP contribution in [0.3, 0.4) is 0 Å². The van der Waals surface area contributed by atoms with Gasteiger partial charge in [0.1, 0.15) is 0 Å². The van der Waals surface area contributed by atoms with Gasteiger partial charge in [-0.05, 0) is 69.0 Å². The van der Waals surface area contributed by atoms with Crippen LogP contribution in [0.5, 0.6) is 11.5 Å². The van der Waals surface area contributed by atoms with Crippen molar-refractivity contribution >= 4 is 16.0 Å². The minimum Gasteiger partial charge on any atom is -0.493 e. The lowest BCUT2D eigenvalue weighted by molar-refractivity contribution is 0.0690. The Balaban J connectivity index is 2.21. The number of carbonyl (C=O) groups excluding carboxylic acids is 1. The van der Waals surface area contributed by atoms with Gasteiger partial charge in [-0.25, -0.2) is 0 Å². The van der Waals surface area contributed by atoms with Gasteiger partial charge in [0.05, 0.1) is 12.9 Å². The van der Waals surface area contributed by atoms with Crippen LogP contribution in [0, 0.1) is 0 Å². The molecule has 0 saturated carbocycles. The number of ether oxygens (including phenoxy) is 1. The summed E-state index contributed by atoms with van der Waals surface area (Å²) in [6.07, 6.45) is 4.56. The number of aryl methyl sites for hydroxylation is 1. The van der Waals surface area contributed by atoms with E-state index in [4.69, 9.17) is 8.92 Å². The van der Waals surface area contributed by atoms with Gasteiger partial charge in [0, 0.05) is 18.2 Å². The number of carbonyl (C=O) groups is 1. The van der Waals surface area contributed by atoms with Gasteiger partial charge in [-0.2, -0.15) is 8.42 Å². The molecule has 32 heavy (non-hydrogen) atoms. The van der Waals surface area contributed by atoms with Crippen molar-refractivity contribution in [1.29, 1.82) is 0 Å². The first-order valence-electron chi connectivity index (χ1n) is 11.2. The molecule has 0 unspecified atom stereocenters. The molecule has 0 N–H and O–H groups in total. The zero-order valence-electron chi connectivity index (χ0n) is 19.8. The number of methoxy groups -OCH3 is 1. The highest BCUT2D eigenvalue weighted by atomic mass is 32.2. The molecule has 2 aromatic rings. The predicted molar refractivity (Wildman–Crippen MR) is 128 cm³/mol. The van der Waals surface area contributed by atoms with E-state index in [-0.39, 0.29) is 23.5 Å². The average Bonchev–Trinajstić information content (AvgIpc) is 2.77. The average molecular weight is 462 g/mol. The molecule has 176 valence electrons. The molecule has 0 spiro atoms. The second kappa shape index (κ2) is 11.9. The largest absolute Gasteiger partial charge is 0.493 e.